The van der Waals surface area contributed by atoms with Gasteiger partial charge in [-0.2, -0.15) is 5.10 Å². The van der Waals surface area contributed by atoms with E-state index in [4.69, 9.17) is 4.42 Å². The van der Waals surface area contributed by atoms with Crippen molar-refractivity contribution in [2.75, 3.05) is 7.11 Å². The number of methoxy groups -OCH3 is 1. The summed E-state index contributed by atoms with van der Waals surface area (Å²) < 4.78 is 11.8. The summed E-state index contributed by atoms with van der Waals surface area (Å²) in [4.78, 5) is 11.5. The van der Waals surface area contributed by atoms with Crippen molar-refractivity contribution in [3.8, 4) is 11.6 Å². The molecule has 0 N–H and O–H groups in total. The van der Waals surface area contributed by atoms with E-state index < -0.39 is 5.97 Å². The molecule has 0 spiro atoms. The van der Waals surface area contributed by atoms with E-state index in [2.05, 4.69) is 20.0 Å². The van der Waals surface area contributed by atoms with E-state index in [-0.39, 0.29) is 0 Å². The third-order valence-corrected chi connectivity index (χ3v) is 3.64. The van der Waals surface area contributed by atoms with Crippen molar-refractivity contribution in [2.24, 2.45) is 7.05 Å². The first-order chi connectivity index (χ1) is 9.69. The predicted molar refractivity (Wildman–Crippen MR) is 69.0 cm³/mol. The number of carbonyl (C=O) groups excluding carboxylic acids is 1. The van der Waals surface area contributed by atoms with Crippen LogP contribution in [0.25, 0.3) is 11.6 Å². The van der Waals surface area contributed by atoms with Gasteiger partial charge in [-0.25, -0.2) is 4.79 Å². The summed E-state index contributed by atoms with van der Waals surface area (Å²) in [5.41, 5.74) is 0.841. The smallest absolute Gasteiger partial charge is 0.356 e. The van der Waals surface area contributed by atoms with Gasteiger partial charge in [0.25, 0.3) is 5.89 Å². The van der Waals surface area contributed by atoms with E-state index in [9.17, 15) is 4.79 Å². The van der Waals surface area contributed by atoms with Crippen molar-refractivity contribution < 1.29 is 13.9 Å². The van der Waals surface area contributed by atoms with Gasteiger partial charge in [0.2, 0.25) is 5.89 Å². The van der Waals surface area contributed by atoms with Gasteiger partial charge >= 0.3 is 5.97 Å². The van der Waals surface area contributed by atoms with E-state index in [0.717, 1.165) is 12.8 Å². The number of rotatable bonds is 3. The molecule has 7 nitrogen and oxygen atoms in total. The molecule has 0 bridgehead atoms. The molecule has 1 fully saturated rings. The molecule has 20 heavy (non-hydrogen) atoms. The number of nitrogens with zero attached hydrogens (tertiary/aromatic N) is 4. The normalized spacial score (nSPS) is 15.7. The van der Waals surface area contributed by atoms with Crippen LogP contribution >= 0.6 is 0 Å². The Kier molecular flexibility index (Phi) is 3.25. The number of hydrogen-bond acceptors (Lipinski definition) is 6. The van der Waals surface area contributed by atoms with Gasteiger partial charge in [-0.15, -0.1) is 10.2 Å². The molecule has 0 atom stereocenters. The number of aromatic nitrogens is 4. The topological polar surface area (TPSA) is 83.0 Å². The van der Waals surface area contributed by atoms with E-state index >= 15 is 0 Å². The second kappa shape index (κ2) is 5.07. The molecule has 7 heteroatoms. The lowest BCUT2D eigenvalue weighted by Crippen LogP contribution is -2.07. The Balaban J connectivity index is 1.87. The Morgan fingerprint density at radius 1 is 1.40 bits per heavy atom. The van der Waals surface area contributed by atoms with Crippen LogP contribution < -0.4 is 0 Å². The van der Waals surface area contributed by atoms with Crippen molar-refractivity contribution in [1.29, 1.82) is 0 Å². The summed E-state index contributed by atoms with van der Waals surface area (Å²) in [6.07, 6.45) is 4.60. The maximum Gasteiger partial charge on any atom is 0.356 e. The fourth-order valence-corrected chi connectivity index (χ4v) is 2.54. The van der Waals surface area contributed by atoms with Crippen molar-refractivity contribution in [2.45, 2.75) is 31.6 Å². The van der Waals surface area contributed by atoms with Crippen LogP contribution in [-0.2, 0) is 11.8 Å². The van der Waals surface area contributed by atoms with Crippen LogP contribution in [0.4, 0.5) is 0 Å². The molecular weight excluding hydrogens is 260 g/mol. The van der Waals surface area contributed by atoms with Crippen LogP contribution in [-0.4, -0.2) is 33.1 Å². The second-order valence-electron chi connectivity index (χ2n) is 4.96. The highest BCUT2D eigenvalue weighted by molar-refractivity contribution is 5.88. The second-order valence-corrected chi connectivity index (χ2v) is 4.96. The zero-order valence-electron chi connectivity index (χ0n) is 11.5. The monoisotopic (exact) mass is 276 g/mol. The lowest BCUT2D eigenvalue weighted by Gasteiger charge is -1.99. The van der Waals surface area contributed by atoms with Gasteiger partial charge in [0.15, 0.2) is 5.69 Å². The van der Waals surface area contributed by atoms with Gasteiger partial charge in [0, 0.05) is 19.0 Å². The van der Waals surface area contributed by atoms with Gasteiger partial charge in [0.05, 0.1) is 7.11 Å². The first kappa shape index (κ1) is 12.8. The van der Waals surface area contributed by atoms with E-state index in [1.54, 1.807) is 13.1 Å². The summed E-state index contributed by atoms with van der Waals surface area (Å²) >= 11 is 0. The third kappa shape index (κ3) is 2.19. The highest BCUT2D eigenvalue weighted by atomic mass is 16.5. The molecule has 2 heterocycles. The third-order valence-electron chi connectivity index (χ3n) is 3.64. The predicted octanol–water partition coefficient (Wildman–Crippen LogP) is 1.91. The van der Waals surface area contributed by atoms with Crippen molar-refractivity contribution in [1.82, 2.24) is 20.0 Å². The molecule has 2 aromatic heterocycles. The van der Waals surface area contributed by atoms with Crippen LogP contribution in [0.5, 0.6) is 0 Å². The summed E-state index contributed by atoms with van der Waals surface area (Å²) in [6.45, 7) is 0. The summed E-state index contributed by atoms with van der Waals surface area (Å²) in [5, 5.41) is 12.3. The minimum absolute atomic E-state index is 0.345. The average Bonchev–Trinajstić information content (AvgIpc) is 3.16. The van der Waals surface area contributed by atoms with E-state index in [1.165, 1.54) is 24.6 Å². The molecule has 106 valence electrons. The van der Waals surface area contributed by atoms with Crippen LogP contribution in [0, 0.1) is 0 Å². The quantitative estimate of drug-likeness (QED) is 0.796. The zero-order chi connectivity index (χ0) is 14.1. The molecule has 1 aliphatic rings. The molecule has 1 saturated carbocycles. The Morgan fingerprint density at radius 2 is 2.15 bits per heavy atom. The maximum atomic E-state index is 11.5. The fraction of sp³-hybridized carbons (Fsp3) is 0.538. The molecule has 1 aliphatic carbocycles. The molecular formula is C13H16N4O3. The zero-order valence-corrected chi connectivity index (χ0v) is 11.5. The summed E-state index contributed by atoms with van der Waals surface area (Å²) in [6, 6.07) is 1.60. The molecule has 0 radical (unpaired) electrons. The van der Waals surface area contributed by atoms with Gasteiger partial charge in [0.1, 0.15) is 5.69 Å². The minimum atomic E-state index is -0.443. The highest BCUT2D eigenvalue weighted by Gasteiger charge is 2.24. The standard InChI is InChI=1S/C13H16N4O3/c1-17-10(13(18)19-2)7-9(16-17)12-15-14-11(20-12)8-5-3-4-6-8/h7-8H,3-6H2,1-2H3. The van der Waals surface area contributed by atoms with Crippen molar-refractivity contribution in [3.05, 3.63) is 17.7 Å². The van der Waals surface area contributed by atoms with E-state index in [0.29, 0.717) is 29.1 Å². The van der Waals surface area contributed by atoms with Crippen molar-refractivity contribution in [3.63, 3.8) is 0 Å². The first-order valence-electron chi connectivity index (χ1n) is 6.65. The van der Waals surface area contributed by atoms with Crippen LogP contribution in [0.15, 0.2) is 10.5 Å². The first-order valence-corrected chi connectivity index (χ1v) is 6.65. The van der Waals surface area contributed by atoms with Gasteiger partial charge in [-0.1, -0.05) is 12.8 Å². The van der Waals surface area contributed by atoms with Crippen LogP contribution in [0.1, 0.15) is 48.0 Å². The molecule has 0 aliphatic heterocycles. The molecule has 0 saturated heterocycles. The SMILES string of the molecule is COC(=O)c1cc(-c2nnc(C3CCCC3)o2)nn1C. The van der Waals surface area contributed by atoms with Crippen LogP contribution in [0.2, 0.25) is 0 Å². The molecule has 0 amide bonds. The van der Waals surface area contributed by atoms with Gasteiger partial charge in [-0.05, 0) is 12.8 Å². The number of esters is 1. The lowest BCUT2D eigenvalue weighted by molar-refractivity contribution is 0.0588. The lowest BCUT2D eigenvalue weighted by atomic mass is 10.1. The molecule has 0 unspecified atom stereocenters. The molecule has 3 rings (SSSR count). The van der Waals surface area contributed by atoms with Gasteiger partial charge < -0.3 is 9.15 Å². The Bertz CT molecular complexity index is 625. The minimum Gasteiger partial charge on any atom is -0.464 e. The number of hydrogen-bond donors (Lipinski definition) is 0. The van der Waals surface area contributed by atoms with E-state index in [1.807, 2.05) is 0 Å². The fourth-order valence-electron chi connectivity index (χ4n) is 2.54. The average molecular weight is 276 g/mol. The highest BCUT2D eigenvalue weighted by Crippen LogP contribution is 2.34. The van der Waals surface area contributed by atoms with Gasteiger partial charge in [-0.3, -0.25) is 4.68 Å². The summed E-state index contributed by atoms with van der Waals surface area (Å²) in [7, 11) is 3.00. The largest absolute Gasteiger partial charge is 0.464 e. The van der Waals surface area contributed by atoms with Crippen molar-refractivity contribution >= 4 is 5.97 Å². The Labute approximate surface area is 115 Å². The Morgan fingerprint density at radius 3 is 2.85 bits per heavy atom. The number of carbonyl (C=O) groups is 1. The summed E-state index contributed by atoms with van der Waals surface area (Å²) in [5.74, 6) is 0.933. The number of aryl methyl sites for hydroxylation is 1. The Hall–Kier alpha value is -2.18. The molecule has 2 aromatic rings. The maximum absolute atomic E-state index is 11.5. The number of ether oxygens (including phenoxy) is 1. The molecule has 0 aromatic carbocycles. The van der Waals surface area contributed by atoms with Crippen LogP contribution in [0.3, 0.4) is 0 Å².